The second kappa shape index (κ2) is 11.5. The van der Waals surface area contributed by atoms with Crippen LogP contribution in [0, 0.1) is 20.2 Å². The first-order chi connectivity index (χ1) is 17.3. The highest BCUT2D eigenvalue weighted by Crippen LogP contribution is 2.34. The average molecular weight is 492 g/mol. The van der Waals surface area contributed by atoms with Gasteiger partial charge in [0.25, 0.3) is 11.4 Å². The molecule has 0 amide bonds. The number of hydrogen-bond donors (Lipinski definition) is 0. The SMILES string of the molecule is COc1ccc(OC)c(/C=C\c2cc(/C=C\c3cc(OC)ccc3OC)c([N+](=O)[O-])cc2[N+](=O)[O-])c1. The molecule has 0 aliphatic heterocycles. The lowest BCUT2D eigenvalue weighted by atomic mass is 10.0. The summed E-state index contributed by atoms with van der Waals surface area (Å²) in [5.74, 6) is 2.21. The van der Waals surface area contributed by atoms with Crippen molar-refractivity contribution in [1.82, 2.24) is 0 Å². The van der Waals surface area contributed by atoms with E-state index in [-0.39, 0.29) is 11.1 Å². The van der Waals surface area contributed by atoms with Crippen molar-refractivity contribution in [2.24, 2.45) is 0 Å². The van der Waals surface area contributed by atoms with Gasteiger partial charge in [-0.05, 0) is 54.6 Å². The molecule has 0 saturated heterocycles. The van der Waals surface area contributed by atoms with Crippen molar-refractivity contribution in [2.45, 2.75) is 0 Å². The summed E-state index contributed by atoms with van der Waals surface area (Å²) in [5.41, 5.74) is 0.762. The molecule has 0 aromatic heterocycles. The van der Waals surface area contributed by atoms with E-state index in [4.69, 9.17) is 18.9 Å². The van der Waals surface area contributed by atoms with Gasteiger partial charge in [-0.1, -0.05) is 12.2 Å². The van der Waals surface area contributed by atoms with Crippen LogP contribution in [0.3, 0.4) is 0 Å². The lowest BCUT2D eigenvalue weighted by molar-refractivity contribution is -0.394. The maximum absolute atomic E-state index is 11.7. The number of ether oxygens (including phenoxy) is 4. The minimum absolute atomic E-state index is 0.174. The van der Waals surface area contributed by atoms with Crippen molar-refractivity contribution in [2.75, 3.05) is 28.4 Å². The van der Waals surface area contributed by atoms with Gasteiger partial charge in [0, 0.05) is 11.1 Å². The first-order valence-electron chi connectivity index (χ1n) is 10.6. The standard InChI is InChI=1S/C26H24N2O8/c1-33-21-9-11-25(35-3)19(14-21)7-5-17-13-18(24(28(31)32)16-23(17)27(29)30)6-8-20-15-22(34-2)10-12-26(20)36-4/h5-16H,1-4H3/b7-5-,8-6-. The maximum Gasteiger partial charge on any atom is 0.283 e. The number of nitrogens with zero attached hydrogens (tertiary/aromatic N) is 2. The van der Waals surface area contributed by atoms with E-state index in [1.165, 1.54) is 46.7 Å². The van der Waals surface area contributed by atoms with E-state index < -0.39 is 21.2 Å². The van der Waals surface area contributed by atoms with Gasteiger partial charge in [-0.3, -0.25) is 20.2 Å². The Morgan fingerprint density at radius 2 is 0.944 bits per heavy atom. The van der Waals surface area contributed by atoms with Crippen LogP contribution < -0.4 is 18.9 Å². The molecule has 3 rings (SSSR count). The molecule has 0 bridgehead atoms. The van der Waals surface area contributed by atoms with Crippen molar-refractivity contribution in [3.63, 3.8) is 0 Å². The summed E-state index contributed by atoms with van der Waals surface area (Å²) in [6.45, 7) is 0. The molecule has 0 aliphatic carbocycles. The molecule has 186 valence electrons. The Balaban J connectivity index is 2.13. The van der Waals surface area contributed by atoms with Gasteiger partial charge < -0.3 is 18.9 Å². The number of nitro benzene ring substituents is 2. The first kappa shape index (κ1) is 25.8. The predicted molar refractivity (Wildman–Crippen MR) is 137 cm³/mol. The van der Waals surface area contributed by atoms with Crippen molar-refractivity contribution < 1.29 is 28.8 Å². The molecular weight excluding hydrogens is 468 g/mol. The number of hydrogen-bond acceptors (Lipinski definition) is 8. The molecule has 0 spiro atoms. The third-order valence-electron chi connectivity index (χ3n) is 5.33. The monoisotopic (exact) mass is 492 g/mol. The molecule has 0 aliphatic rings. The molecule has 10 heteroatoms. The molecule has 3 aromatic rings. The van der Waals surface area contributed by atoms with E-state index in [1.807, 2.05) is 0 Å². The Kier molecular flexibility index (Phi) is 8.24. The summed E-state index contributed by atoms with van der Waals surface area (Å²) < 4.78 is 21.2. The molecule has 0 saturated carbocycles. The highest BCUT2D eigenvalue weighted by molar-refractivity contribution is 5.83. The minimum Gasteiger partial charge on any atom is -0.497 e. The van der Waals surface area contributed by atoms with Crippen LogP contribution in [0.25, 0.3) is 24.3 Å². The number of methoxy groups -OCH3 is 4. The zero-order chi connectivity index (χ0) is 26.2. The molecule has 0 N–H and O–H groups in total. The Labute approximate surface area is 207 Å². The highest BCUT2D eigenvalue weighted by atomic mass is 16.6. The summed E-state index contributed by atoms with van der Waals surface area (Å²) in [7, 11) is 6.05. The van der Waals surface area contributed by atoms with Crippen LogP contribution in [-0.2, 0) is 0 Å². The van der Waals surface area contributed by atoms with E-state index in [2.05, 4.69) is 0 Å². The number of nitro groups is 2. The maximum atomic E-state index is 11.7. The van der Waals surface area contributed by atoms with Gasteiger partial charge in [0.1, 0.15) is 23.0 Å². The smallest absolute Gasteiger partial charge is 0.283 e. The summed E-state index contributed by atoms with van der Waals surface area (Å²) in [6, 6.07) is 12.6. The van der Waals surface area contributed by atoms with Crippen molar-refractivity contribution in [3.8, 4) is 23.0 Å². The van der Waals surface area contributed by atoms with Gasteiger partial charge in [0.15, 0.2) is 0 Å². The fraction of sp³-hybridized carbons (Fsp3) is 0.154. The molecular formula is C26H24N2O8. The van der Waals surface area contributed by atoms with Gasteiger partial charge in [-0.15, -0.1) is 0 Å². The fourth-order valence-corrected chi connectivity index (χ4v) is 3.49. The van der Waals surface area contributed by atoms with Crippen LogP contribution in [0.4, 0.5) is 11.4 Å². The normalized spacial score (nSPS) is 11.0. The van der Waals surface area contributed by atoms with Gasteiger partial charge in [-0.2, -0.15) is 0 Å². The molecule has 0 heterocycles. The zero-order valence-corrected chi connectivity index (χ0v) is 20.1. The number of benzene rings is 3. The van der Waals surface area contributed by atoms with E-state index in [0.717, 1.165) is 6.07 Å². The van der Waals surface area contributed by atoms with Crippen molar-refractivity contribution in [1.29, 1.82) is 0 Å². The Morgan fingerprint density at radius 3 is 1.28 bits per heavy atom. The van der Waals surface area contributed by atoms with Crippen molar-refractivity contribution >= 4 is 35.7 Å². The molecule has 0 atom stereocenters. The largest absolute Gasteiger partial charge is 0.497 e. The van der Waals surface area contributed by atoms with Crippen molar-refractivity contribution in [3.05, 3.63) is 91.0 Å². The van der Waals surface area contributed by atoms with E-state index >= 15 is 0 Å². The average Bonchev–Trinajstić information content (AvgIpc) is 2.89. The van der Waals surface area contributed by atoms with E-state index in [0.29, 0.717) is 34.1 Å². The molecule has 3 aromatic carbocycles. The quantitative estimate of drug-likeness (QED) is 0.195. The topological polar surface area (TPSA) is 123 Å². The summed E-state index contributed by atoms with van der Waals surface area (Å²) in [6.07, 6.45) is 6.24. The molecule has 36 heavy (non-hydrogen) atoms. The lowest BCUT2D eigenvalue weighted by Gasteiger charge is -2.08. The van der Waals surface area contributed by atoms with Gasteiger partial charge in [0.05, 0.1) is 55.5 Å². The minimum atomic E-state index is -0.659. The molecule has 0 radical (unpaired) electrons. The Bertz CT molecular complexity index is 1250. The lowest BCUT2D eigenvalue weighted by Crippen LogP contribution is -1.98. The highest BCUT2D eigenvalue weighted by Gasteiger charge is 2.22. The summed E-state index contributed by atoms with van der Waals surface area (Å²) >= 11 is 0. The van der Waals surface area contributed by atoms with Gasteiger partial charge >= 0.3 is 0 Å². The Hall–Kier alpha value is -4.86. The first-order valence-corrected chi connectivity index (χ1v) is 10.6. The third-order valence-corrected chi connectivity index (χ3v) is 5.33. The van der Waals surface area contributed by atoms with Crippen LogP contribution in [0.15, 0.2) is 48.5 Å². The van der Waals surface area contributed by atoms with Crippen LogP contribution in [0.5, 0.6) is 23.0 Å². The molecule has 10 nitrogen and oxygen atoms in total. The third kappa shape index (κ3) is 5.79. The predicted octanol–water partition coefficient (Wildman–Crippen LogP) is 5.88. The van der Waals surface area contributed by atoms with E-state index in [1.54, 1.807) is 48.6 Å². The zero-order valence-electron chi connectivity index (χ0n) is 20.1. The molecule has 0 fully saturated rings. The van der Waals surface area contributed by atoms with Crippen LogP contribution in [-0.4, -0.2) is 38.3 Å². The van der Waals surface area contributed by atoms with Crippen LogP contribution in [0.2, 0.25) is 0 Å². The Morgan fingerprint density at radius 1 is 0.556 bits per heavy atom. The second-order valence-electron chi connectivity index (χ2n) is 7.37. The number of rotatable bonds is 10. The van der Waals surface area contributed by atoms with Crippen LogP contribution in [0.1, 0.15) is 22.3 Å². The second-order valence-corrected chi connectivity index (χ2v) is 7.37. The van der Waals surface area contributed by atoms with Gasteiger partial charge in [0.2, 0.25) is 0 Å². The summed E-state index contributed by atoms with van der Waals surface area (Å²) in [5, 5.41) is 23.5. The fourth-order valence-electron chi connectivity index (χ4n) is 3.49. The molecule has 0 unspecified atom stereocenters. The van der Waals surface area contributed by atoms with Gasteiger partial charge in [-0.25, -0.2) is 0 Å². The van der Waals surface area contributed by atoms with Crippen LogP contribution >= 0.6 is 0 Å². The summed E-state index contributed by atoms with van der Waals surface area (Å²) in [4.78, 5) is 22.1. The van der Waals surface area contributed by atoms with E-state index in [9.17, 15) is 20.2 Å².